The van der Waals surface area contributed by atoms with Crippen LogP contribution in [0.3, 0.4) is 0 Å². The second-order valence-corrected chi connectivity index (χ2v) is 4.08. The molecule has 0 unspecified atom stereocenters. The van der Waals surface area contributed by atoms with Gasteiger partial charge in [0.2, 0.25) is 0 Å². The van der Waals surface area contributed by atoms with Crippen LogP contribution in [0.5, 0.6) is 11.5 Å². The van der Waals surface area contributed by atoms with E-state index in [4.69, 9.17) is 9.47 Å². The average molecular weight is 256 g/mol. The molecule has 0 atom stereocenters. The highest BCUT2D eigenvalue weighted by Gasteiger charge is 2.01. The number of rotatable bonds is 4. The van der Waals surface area contributed by atoms with Crippen molar-refractivity contribution in [3.63, 3.8) is 0 Å². The number of benzene rings is 2. The summed E-state index contributed by atoms with van der Waals surface area (Å²) in [6.45, 7) is 4.01. The summed E-state index contributed by atoms with van der Waals surface area (Å²) < 4.78 is 10.4. The second kappa shape index (κ2) is 6.05. The molecule has 0 fully saturated rings. The molecule has 0 N–H and O–H groups in total. The number of carbonyl (C=O) groups is 1. The van der Waals surface area contributed by atoms with Crippen molar-refractivity contribution >= 4 is 5.97 Å². The van der Waals surface area contributed by atoms with E-state index in [-0.39, 0.29) is 5.97 Å². The van der Waals surface area contributed by atoms with Crippen molar-refractivity contribution in [2.75, 3.05) is 6.61 Å². The Bertz CT molecular complexity index is 541. The molecule has 0 saturated heterocycles. The lowest BCUT2D eigenvalue weighted by Crippen LogP contribution is -2.00. The summed E-state index contributed by atoms with van der Waals surface area (Å²) in [7, 11) is 0. The number of hydrogen-bond acceptors (Lipinski definition) is 3. The van der Waals surface area contributed by atoms with Crippen LogP contribution in [0.15, 0.2) is 48.5 Å². The van der Waals surface area contributed by atoms with E-state index in [0.29, 0.717) is 12.4 Å². The minimum Gasteiger partial charge on any atom is -0.494 e. The van der Waals surface area contributed by atoms with Gasteiger partial charge in [-0.05, 0) is 42.3 Å². The fourth-order valence-electron chi connectivity index (χ4n) is 1.79. The summed E-state index contributed by atoms with van der Waals surface area (Å²) in [5.41, 5.74) is 2.16. The molecule has 98 valence electrons. The van der Waals surface area contributed by atoms with Gasteiger partial charge in [-0.2, -0.15) is 0 Å². The van der Waals surface area contributed by atoms with Gasteiger partial charge < -0.3 is 9.47 Å². The van der Waals surface area contributed by atoms with Gasteiger partial charge in [-0.1, -0.05) is 24.3 Å². The number of hydrogen-bond donors (Lipinski definition) is 0. The van der Waals surface area contributed by atoms with E-state index in [1.807, 2.05) is 43.3 Å². The fourth-order valence-corrected chi connectivity index (χ4v) is 1.79. The predicted octanol–water partition coefficient (Wildman–Crippen LogP) is 3.68. The summed E-state index contributed by atoms with van der Waals surface area (Å²) in [6.07, 6.45) is 0. The van der Waals surface area contributed by atoms with Crippen molar-refractivity contribution in [1.29, 1.82) is 0 Å². The number of esters is 1. The van der Waals surface area contributed by atoms with Crippen LogP contribution in [0.25, 0.3) is 11.1 Å². The Morgan fingerprint density at radius 1 is 0.895 bits per heavy atom. The normalized spacial score (nSPS) is 10.0. The van der Waals surface area contributed by atoms with Gasteiger partial charge in [0, 0.05) is 6.92 Å². The predicted molar refractivity (Wildman–Crippen MR) is 74.4 cm³/mol. The first-order chi connectivity index (χ1) is 9.19. The first kappa shape index (κ1) is 13.1. The molecule has 0 aliphatic rings. The summed E-state index contributed by atoms with van der Waals surface area (Å²) in [4.78, 5) is 10.8. The van der Waals surface area contributed by atoms with Crippen molar-refractivity contribution in [1.82, 2.24) is 0 Å². The summed E-state index contributed by atoms with van der Waals surface area (Å²) in [5, 5.41) is 0. The first-order valence-corrected chi connectivity index (χ1v) is 6.21. The zero-order chi connectivity index (χ0) is 13.7. The summed E-state index contributed by atoms with van der Waals surface area (Å²) in [5.74, 6) is 1.11. The summed E-state index contributed by atoms with van der Waals surface area (Å²) in [6, 6.07) is 15.3. The Hall–Kier alpha value is -2.29. The molecular formula is C16H16O3. The SMILES string of the molecule is CCOc1ccc(-c2ccc(OC(C)=O)cc2)cc1. The molecule has 0 aromatic heterocycles. The van der Waals surface area contributed by atoms with E-state index in [9.17, 15) is 4.79 Å². The first-order valence-electron chi connectivity index (χ1n) is 6.21. The van der Waals surface area contributed by atoms with E-state index in [1.54, 1.807) is 12.1 Å². The van der Waals surface area contributed by atoms with Crippen molar-refractivity contribution in [2.24, 2.45) is 0 Å². The van der Waals surface area contributed by atoms with Gasteiger partial charge >= 0.3 is 5.97 Å². The van der Waals surface area contributed by atoms with Gasteiger partial charge in [-0.3, -0.25) is 4.79 Å². The zero-order valence-corrected chi connectivity index (χ0v) is 11.1. The van der Waals surface area contributed by atoms with Gasteiger partial charge in [0.25, 0.3) is 0 Å². The Kier molecular flexibility index (Phi) is 4.18. The molecule has 19 heavy (non-hydrogen) atoms. The lowest BCUT2D eigenvalue weighted by atomic mass is 10.1. The van der Waals surface area contributed by atoms with E-state index in [2.05, 4.69) is 0 Å². The quantitative estimate of drug-likeness (QED) is 0.618. The molecule has 0 aliphatic heterocycles. The lowest BCUT2D eigenvalue weighted by Gasteiger charge is -2.06. The van der Waals surface area contributed by atoms with Crippen LogP contribution in [-0.2, 0) is 4.79 Å². The highest BCUT2D eigenvalue weighted by molar-refractivity contribution is 5.70. The van der Waals surface area contributed by atoms with Crippen LogP contribution in [0.2, 0.25) is 0 Å². The molecule has 0 heterocycles. The van der Waals surface area contributed by atoms with E-state index in [1.165, 1.54) is 6.92 Å². The van der Waals surface area contributed by atoms with Gasteiger partial charge in [-0.25, -0.2) is 0 Å². The third-order valence-electron chi connectivity index (χ3n) is 2.61. The highest BCUT2D eigenvalue weighted by Crippen LogP contribution is 2.24. The van der Waals surface area contributed by atoms with Gasteiger partial charge in [0.1, 0.15) is 11.5 Å². The lowest BCUT2D eigenvalue weighted by molar-refractivity contribution is -0.131. The minimum atomic E-state index is -0.311. The van der Waals surface area contributed by atoms with Gasteiger partial charge in [0.05, 0.1) is 6.61 Å². The minimum absolute atomic E-state index is 0.311. The van der Waals surface area contributed by atoms with Crippen molar-refractivity contribution in [3.8, 4) is 22.6 Å². The average Bonchev–Trinajstić information content (AvgIpc) is 2.40. The fraction of sp³-hybridized carbons (Fsp3) is 0.188. The molecule has 0 amide bonds. The molecule has 0 saturated carbocycles. The van der Waals surface area contributed by atoms with E-state index >= 15 is 0 Å². The van der Waals surface area contributed by atoms with E-state index in [0.717, 1.165) is 16.9 Å². The summed E-state index contributed by atoms with van der Waals surface area (Å²) >= 11 is 0. The Morgan fingerprint density at radius 2 is 1.37 bits per heavy atom. The van der Waals surface area contributed by atoms with E-state index < -0.39 is 0 Å². The van der Waals surface area contributed by atoms with Gasteiger partial charge in [0.15, 0.2) is 0 Å². The maximum atomic E-state index is 10.8. The number of ether oxygens (including phenoxy) is 2. The molecule has 2 aromatic rings. The van der Waals surface area contributed by atoms with Gasteiger partial charge in [-0.15, -0.1) is 0 Å². The Morgan fingerprint density at radius 3 is 1.79 bits per heavy atom. The highest BCUT2D eigenvalue weighted by atomic mass is 16.5. The molecular weight excluding hydrogens is 240 g/mol. The number of carbonyl (C=O) groups excluding carboxylic acids is 1. The molecule has 0 bridgehead atoms. The van der Waals surface area contributed by atoms with Crippen LogP contribution in [0.4, 0.5) is 0 Å². The molecule has 0 spiro atoms. The maximum Gasteiger partial charge on any atom is 0.308 e. The monoisotopic (exact) mass is 256 g/mol. The van der Waals surface area contributed by atoms with Crippen molar-refractivity contribution < 1.29 is 14.3 Å². The molecule has 3 heteroatoms. The third kappa shape index (κ3) is 3.58. The Balaban J connectivity index is 2.15. The second-order valence-electron chi connectivity index (χ2n) is 4.08. The van der Waals surface area contributed by atoms with Crippen LogP contribution < -0.4 is 9.47 Å². The maximum absolute atomic E-state index is 10.8. The van der Waals surface area contributed by atoms with Crippen LogP contribution in [-0.4, -0.2) is 12.6 Å². The Labute approximate surface area is 112 Å². The molecule has 0 aliphatic carbocycles. The third-order valence-corrected chi connectivity index (χ3v) is 2.61. The van der Waals surface area contributed by atoms with Crippen LogP contribution in [0, 0.1) is 0 Å². The smallest absolute Gasteiger partial charge is 0.308 e. The zero-order valence-electron chi connectivity index (χ0n) is 11.1. The molecule has 3 nitrogen and oxygen atoms in total. The standard InChI is InChI=1S/C16H16O3/c1-3-18-15-8-4-13(5-9-15)14-6-10-16(11-7-14)19-12(2)17/h4-11H,3H2,1-2H3. The van der Waals surface area contributed by atoms with Crippen LogP contribution in [0.1, 0.15) is 13.8 Å². The molecule has 2 rings (SSSR count). The topological polar surface area (TPSA) is 35.5 Å². The van der Waals surface area contributed by atoms with Crippen molar-refractivity contribution in [3.05, 3.63) is 48.5 Å². The molecule has 0 radical (unpaired) electrons. The largest absolute Gasteiger partial charge is 0.494 e. The van der Waals surface area contributed by atoms with Crippen molar-refractivity contribution in [2.45, 2.75) is 13.8 Å². The molecule has 2 aromatic carbocycles. The van der Waals surface area contributed by atoms with Crippen LogP contribution >= 0.6 is 0 Å².